The van der Waals surface area contributed by atoms with Crippen LogP contribution in [0.3, 0.4) is 0 Å². The van der Waals surface area contributed by atoms with Crippen LogP contribution in [0, 0.1) is 18.6 Å². The lowest BCUT2D eigenvalue weighted by Crippen LogP contribution is -2.23. The first-order chi connectivity index (χ1) is 11.6. The van der Waals surface area contributed by atoms with E-state index in [9.17, 15) is 8.78 Å². The highest BCUT2D eigenvalue weighted by Gasteiger charge is 2.24. The summed E-state index contributed by atoms with van der Waals surface area (Å²) in [5.41, 5.74) is 1.33. The molecule has 1 aliphatic rings. The molecular formula is C18H19F2N3S. The van der Waals surface area contributed by atoms with E-state index in [-0.39, 0.29) is 5.56 Å². The number of anilines is 1. The van der Waals surface area contributed by atoms with Crippen molar-refractivity contribution in [2.24, 2.45) is 0 Å². The van der Waals surface area contributed by atoms with Crippen LogP contribution in [-0.4, -0.2) is 15.4 Å². The normalized spacial score (nSPS) is 16.0. The first kappa shape index (κ1) is 15.6. The van der Waals surface area contributed by atoms with Gasteiger partial charge in [-0.15, -0.1) is 11.3 Å². The van der Waals surface area contributed by atoms with Crippen molar-refractivity contribution in [1.82, 2.24) is 9.38 Å². The molecule has 0 saturated heterocycles. The van der Waals surface area contributed by atoms with Gasteiger partial charge in [0.2, 0.25) is 0 Å². The first-order valence-corrected chi connectivity index (χ1v) is 9.20. The molecule has 0 radical (unpaired) electrons. The van der Waals surface area contributed by atoms with Gasteiger partial charge in [-0.05, 0) is 31.9 Å². The molecule has 6 heteroatoms. The van der Waals surface area contributed by atoms with Crippen LogP contribution in [0.4, 0.5) is 14.6 Å². The summed E-state index contributed by atoms with van der Waals surface area (Å²) in [6.07, 6.45) is 5.79. The second-order valence-corrected chi connectivity index (χ2v) is 7.22. The number of hydrogen-bond donors (Lipinski definition) is 1. The molecule has 1 N–H and O–H groups in total. The lowest BCUT2D eigenvalue weighted by molar-refractivity contribution is 0.461. The van der Waals surface area contributed by atoms with Gasteiger partial charge in [-0.25, -0.2) is 13.8 Å². The summed E-state index contributed by atoms with van der Waals surface area (Å²) >= 11 is 1.48. The van der Waals surface area contributed by atoms with Crippen LogP contribution >= 0.6 is 11.3 Å². The fraction of sp³-hybridized carbons (Fsp3) is 0.389. The maximum Gasteiger partial charge on any atom is 0.196 e. The Kier molecular flexibility index (Phi) is 4.00. The van der Waals surface area contributed by atoms with Crippen molar-refractivity contribution in [1.29, 1.82) is 0 Å². The molecule has 2 heterocycles. The van der Waals surface area contributed by atoms with Crippen molar-refractivity contribution in [3.8, 4) is 11.3 Å². The number of hydrogen-bond acceptors (Lipinski definition) is 3. The van der Waals surface area contributed by atoms with Crippen molar-refractivity contribution >= 4 is 22.1 Å². The number of rotatable bonds is 3. The third-order valence-corrected chi connectivity index (χ3v) is 5.62. The highest BCUT2D eigenvalue weighted by Crippen LogP contribution is 2.36. The second kappa shape index (κ2) is 6.16. The quantitative estimate of drug-likeness (QED) is 0.688. The fourth-order valence-electron chi connectivity index (χ4n) is 3.47. The average molecular weight is 347 g/mol. The summed E-state index contributed by atoms with van der Waals surface area (Å²) in [6, 6.07) is 4.27. The largest absolute Gasteiger partial charge is 0.367 e. The first-order valence-electron chi connectivity index (χ1n) is 8.32. The summed E-state index contributed by atoms with van der Waals surface area (Å²) in [4.78, 5) is 5.28. The van der Waals surface area contributed by atoms with E-state index in [1.54, 1.807) is 0 Å². The molecular weight excluding hydrogens is 328 g/mol. The number of fused-ring (bicyclic) bond motifs is 1. The minimum atomic E-state index is -0.579. The highest BCUT2D eigenvalue weighted by atomic mass is 32.1. The maximum atomic E-state index is 14.3. The molecule has 126 valence electrons. The number of thiazole rings is 1. The van der Waals surface area contributed by atoms with Crippen LogP contribution in [0.2, 0.25) is 0 Å². The van der Waals surface area contributed by atoms with Gasteiger partial charge in [0.1, 0.15) is 23.1 Å². The van der Waals surface area contributed by atoms with Crippen LogP contribution < -0.4 is 5.32 Å². The number of imidazole rings is 1. The van der Waals surface area contributed by atoms with Gasteiger partial charge in [0.25, 0.3) is 0 Å². The molecule has 3 aromatic rings. The predicted molar refractivity (Wildman–Crippen MR) is 93.7 cm³/mol. The smallest absolute Gasteiger partial charge is 0.196 e. The summed E-state index contributed by atoms with van der Waals surface area (Å²) in [5, 5.41) is 5.54. The molecule has 4 rings (SSSR count). The van der Waals surface area contributed by atoms with Crippen molar-refractivity contribution in [2.75, 3.05) is 5.32 Å². The lowest BCUT2D eigenvalue weighted by Gasteiger charge is -2.24. The van der Waals surface area contributed by atoms with Gasteiger partial charge < -0.3 is 5.32 Å². The van der Waals surface area contributed by atoms with Gasteiger partial charge in [0.05, 0.1) is 5.56 Å². The van der Waals surface area contributed by atoms with Crippen LogP contribution in [0.25, 0.3) is 16.2 Å². The van der Waals surface area contributed by atoms with Gasteiger partial charge >= 0.3 is 0 Å². The van der Waals surface area contributed by atoms with Crippen molar-refractivity contribution in [3.63, 3.8) is 0 Å². The van der Waals surface area contributed by atoms with Crippen LogP contribution in [0.15, 0.2) is 23.6 Å². The predicted octanol–water partition coefficient (Wildman–Crippen LogP) is 5.39. The average Bonchev–Trinajstić information content (AvgIpc) is 3.10. The topological polar surface area (TPSA) is 29.3 Å². The zero-order valence-electron chi connectivity index (χ0n) is 13.5. The van der Waals surface area contributed by atoms with Gasteiger partial charge in [-0.3, -0.25) is 4.40 Å². The van der Waals surface area contributed by atoms with E-state index < -0.39 is 11.6 Å². The number of aromatic nitrogens is 2. The Balaban J connectivity index is 1.87. The van der Waals surface area contributed by atoms with Crippen molar-refractivity contribution in [2.45, 2.75) is 45.1 Å². The molecule has 1 saturated carbocycles. The van der Waals surface area contributed by atoms with E-state index in [1.807, 2.05) is 16.7 Å². The zero-order valence-corrected chi connectivity index (χ0v) is 14.3. The molecule has 0 amide bonds. The Morgan fingerprint density at radius 1 is 1.17 bits per heavy atom. The minimum absolute atomic E-state index is 0.0499. The van der Waals surface area contributed by atoms with Gasteiger partial charge in [-0.2, -0.15) is 0 Å². The van der Waals surface area contributed by atoms with E-state index in [0.29, 0.717) is 17.6 Å². The van der Waals surface area contributed by atoms with E-state index >= 15 is 0 Å². The van der Waals surface area contributed by atoms with Crippen LogP contribution in [0.5, 0.6) is 0 Å². The molecule has 1 aromatic carbocycles. The van der Waals surface area contributed by atoms with Crippen molar-refractivity contribution in [3.05, 3.63) is 40.9 Å². The molecule has 0 unspecified atom stereocenters. The molecule has 1 fully saturated rings. The second-order valence-electron chi connectivity index (χ2n) is 6.38. The van der Waals surface area contributed by atoms with Gasteiger partial charge in [-0.1, -0.05) is 25.3 Å². The van der Waals surface area contributed by atoms with Gasteiger partial charge in [0, 0.05) is 17.1 Å². The van der Waals surface area contributed by atoms with E-state index in [0.717, 1.165) is 23.5 Å². The molecule has 1 aliphatic carbocycles. The Hall–Kier alpha value is -1.95. The molecule has 0 spiro atoms. The molecule has 0 aliphatic heterocycles. The lowest BCUT2D eigenvalue weighted by atomic mass is 9.95. The summed E-state index contributed by atoms with van der Waals surface area (Å²) in [7, 11) is 0. The SMILES string of the molecule is Cc1csc2nc(-c3c(F)cccc3F)c(NC3CCCCC3)n12. The molecule has 0 bridgehead atoms. The molecule has 24 heavy (non-hydrogen) atoms. The third kappa shape index (κ3) is 2.59. The zero-order chi connectivity index (χ0) is 16.7. The van der Waals surface area contributed by atoms with Crippen molar-refractivity contribution < 1.29 is 8.78 Å². The summed E-state index contributed by atoms with van der Waals surface area (Å²) < 4.78 is 30.6. The third-order valence-electron chi connectivity index (χ3n) is 4.68. The fourth-order valence-corrected chi connectivity index (χ4v) is 4.33. The van der Waals surface area contributed by atoms with E-state index in [2.05, 4.69) is 10.3 Å². The summed E-state index contributed by atoms with van der Waals surface area (Å²) in [5.74, 6) is -0.449. The minimum Gasteiger partial charge on any atom is -0.367 e. The number of nitrogens with zero attached hydrogens (tertiary/aromatic N) is 2. The van der Waals surface area contributed by atoms with Crippen LogP contribution in [-0.2, 0) is 0 Å². The molecule has 3 nitrogen and oxygen atoms in total. The van der Waals surface area contributed by atoms with E-state index in [1.165, 1.54) is 48.8 Å². The number of nitrogens with one attached hydrogen (secondary N) is 1. The standard InChI is InChI=1S/C18H19F2N3S/c1-11-10-24-18-22-16(15-13(19)8-5-9-14(15)20)17(23(11)18)21-12-6-3-2-4-7-12/h5,8-10,12,21H,2-4,6-7H2,1H3. The van der Waals surface area contributed by atoms with Gasteiger partial charge in [0.15, 0.2) is 4.96 Å². The highest BCUT2D eigenvalue weighted by molar-refractivity contribution is 7.15. The monoisotopic (exact) mass is 347 g/mol. The Morgan fingerprint density at radius 3 is 2.58 bits per heavy atom. The van der Waals surface area contributed by atoms with Crippen LogP contribution in [0.1, 0.15) is 37.8 Å². The Labute approximate surface area is 143 Å². The Morgan fingerprint density at radius 2 is 1.88 bits per heavy atom. The van der Waals surface area contributed by atoms with E-state index in [4.69, 9.17) is 0 Å². The molecule has 2 aromatic heterocycles. The Bertz CT molecular complexity index is 858. The number of benzene rings is 1. The summed E-state index contributed by atoms with van der Waals surface area (Å²) in [6.45, 7) is 1.98. The number of aryl methyl sites for hydroxylation is 1. The molecule has 0 atom stereocenters. The number of halogens is 2. The maximum absolute atomic E-state index is 14.3.